The number of halogens is 1. The molecule has 1 atom stereocenters. The normalized spacial score (nSPS) is 12.0. The molecule has 0 fully saturated rings. The molecule has 0 spiro atoms. The van der Waals surface area contributed by atoms with Gasteiger partial charge in [-0.2, -0.15) is 0 Å². The van der Waals surface area contributed by atoms with Crippen LogP contribution in [-0.2, 0) is 11.3 Å². The average molecular weight is 308 g/mol. The summed E-state index contributed by atoms with van der Waals surface area (Å²) in [6.07, 6.45) is -0.0746. The first-order valence-corrected chi connectivity index (χ1v) is 7.57. The van der Waals surface area contributed by atoms with Crippen LogP contribution in [-0.4, -0.2) is 17.0 Å². The molecule has 0 bridgehead atoms. The number of carbonyl (C=O) groups excluding carboxylic acids is 1. The van der Waals surface area contributed by atoms with Gasteiger partial charge in [-0.15, -0.1) is 11.3 Å². The zero-order chi connectivity index (χ0) is 15.2. The van der Waals surface area contributed by atoms with Gasteiger partial charge < -0.3 is 10.1 Å². The molecule has 2 rings (SSSR count). The van der Waals surface area contributed by atoms with Crippen molar-refractivity contribution in [3.8, 4) is 5.75 Å². The van der Waals surface area contributed by atoms with E-state index in [0.717, 1.165) is 10.7 Å². The van der Waals surface area contributed by atoms with Gasteiger partial charge >= 0.3 is 0 Å². The third-order valence-electron chi connectivity index (χ3n) is 2.87. The molecule has 0 aliphatic heterocycles. The van der Waals surface area contributed by atoms with Gasteiger partial charge in [0.25, 0.3) is 5.91 Å². The minimum Gasteiger partial charge on any atom is -0.481 e. The second-order valence-corrected chi connectivity index (χ2v) is 5.61. The molecule has 1 aromatic heterocycles. The van der Waals surface area contributed by atoms with Gasteiger partial charge in [0.1, 0.15) is 11.6 Å². The topological polar surface area (TPSA) is 51.2 Å². The van der Waals surface area contributed by atoms with Crippen LogP contribution >= 0.6 is 11.3 Å². The predicted molar refractivity (Wildman–Crippen MR) is 79.8 cm³/mol. The smallest absolute Gasteiger partial charge is 0.261 e. The number of amides is 1. The molecule has 2 aromatic rings. The molecule has 1 amide bonds. The Kier molecular flexibility index (Phi) is 5.27. The molecule has 1 unspecified atom stereocenters. The summed E-state index contributed by atoms with van der Waals surface area (Å²) in [6, 6.07) is 5.63. The van der Waals surface area contributed by atoms with Crippen molar-refractivity contribution in [2.75, 3.05) is 0 Å². The Morgan fingerprint density at radius 3 is 2.71 bits per heavy atom. The van der Waals surface area contributed by atoms with Crippen molar-refractivity contribution in [1.82, 2.24) is 10.3 Å². The summed E-state index contributed by atoms with van der Waals surface area (Å²) in [5.74, 6) is -0.0610. The van der Waals surface area contributed by atoms with E-state index >= 15 is 0 Å². The predicted octanol–water partition coefficient (Wildman–Crippen LogP) is 3.06. The van der Waals surface area contributed by atoms with Gasteiger partial charge in [0.15, 0.2) is 6.10 Å². The third-order valence-corrected chi connectivity index (χ3v) is 3.69. The molecule has 1 aromatic carbocycles. The summed E-state index contributed by atoms with van der Waals surface area (Å²) in [4.78, 5) is 16.4. The summed E-state index contributed by atoms with van der Waals surface area (Å²) in [5, 5.41) is 5.68. The molecule has 112 valence electrons. The monoisotopic (exact) mass is 308 g/mol. The lowest BCUT2D eigenvalue weighted by molar-refractivity contribution is -0.128. The van der Waals surface area contributed by atoms with Gasteiger partial charge in [-0.05, 0) is 37.6 Å². The molecule has 1 heterocycles. The highest BCUT2D eigenvalue weighted by Crippen LogP contribution is 2.14. The summed E-state index contributed by atoms with van der Waals surface area (Å²) >= 11 is 1.55. The van der Waals surface area contributed by atoms with Crippen LogP contribution in [0.4, 0.5) is 4.39 Å². The van der Waals surface area contributed by atoms with Gasteiger partial charge in [0.2, 0.25) is 0 Å². The lowest BCUT2D eigenvalue weighted by Gasteiger charge is -2.16. The molecule has 0 radical (unpaired) electrons. The standard InChI is InChI=1S/C15H17FN2O2S/c1-3-14(20-13-6-4-11(16)5-7-13)15(19)17-8-12-9-21-10(2)18-12/h4-7,9,14H,3,8H2,1-2H3,(H,17,19). The number of thiazole rings is 1. The molecule has 1 N–H and O–H groups in total. The zero-order valence-corrected chi connectivity index (χ0v) is 12.7. The molecule has 0 saturated carbocycles. The number of aryl methyl sites for hydroxylation is 1. The summed E-state index contributed by atoms with van der Waals surface area (Å²) in [7, 11) is 0. The summed E-state index contributed by atoms with van der Waals surface area (Å²) in [5.41, 5.74) is 0.836. The van der Waals surface area contributed by atoms with Crippen LogP contribution in [0.15, 0.2) is 29.6 Å². The summed E-state index contributed by atoms with van der Waals surface area (Å²) < 4.78 is 18.4. The number of ether oxygens (including phenoxy) is 1. The van der Waals surface area contributed by atoms with E-state index in [1.807, 2.05) is 19.2 Å². The Balaban J connectivity index is 1.90. The minimum absolute atomic E-state index is 0.201. The van der Waals surface area contributed by atoms with Crippen LogP contribution in [0, 0.1) is 12.7 Å². The summed E-state index contributed by atoms with van der Waals surface area (Å²) in [6.45, 7) is 4.16. The largest absolute Gasteiger partial charge is 0.481 e. The van der Waals surface area contributed by atoms with Gasteiger partial charge in [0, 0.05) is 5.38 Å². The maximum atomic E-state index is 12.8. The number of aromatic nitrogens is 1. The van der Waals surface area contributed by atoms with Crippen molar-refractivity contribution in [2.45, 2.75) is 32.9 Å². The Hall–Kier alpha value is -1.95. The van der Waals surface area contributed by atoms with Gasteiger partial charge in [0.05, 0.1) is 17.2 Å². The van der Waals surface area contributed by atoms with Crippen LogP contribution in [0.25, 0.3) is 0 Å². The van der Waals surface area contributed by atoms with E-state index in [9.17, 15) is 9.18 Å². The van der Waals surface area contributed by atoms with Crippen LogP contribution in [0.3, 0.4) is 0 Å². The van der Waals surface area contributed by atoms with E-state index in [2.05, 4.69) is 10.3 Å². The van der Waals surface area contributed by atoms with Gasteiger partial charge in [-0.1, -0.05) is 6.92 Å². The fourth-order valence-electron chi connectivity index (χ4n) is 1.78. The first kappa shape index (κ1) is 15.4. The molecule has 0 saturated heterocycles. The second kappa shape index (κ2) is 7.17. The fraction of sp³-hybridized carbons (Fsp3) is 0.333. The molecule has 6 heteroatoms. The lowest BCUT2D eigenvalue weighted by atomic mass is 10.2. The van der Waals surface area contributed by atoms with E-state index < -0.39 is 6.10 Å². The number of nitrogens with one attached hydrogen (secondary N) is 1. The highest BCUT2D eigenvalue weighted by molar-refractivity contribution is 7.09. The maximum Gasteiger partial charge on any atom is 0.261 e. The van der Waals surface area contributed by atoms with Crippen molar-refractivity contribution in [3.63, 3.8) is 0 Å². The number of carbonyl (C=O) groups is 1. The SMILES string of the molecule is CCC(Oc1ccc(F)cc1)C(=O)NCc1csc(C)n1. The number of benzene rings is 1. The van der Waals surface area contributed by atoms with Gasteiger partial charge in [-0.25, -0.2) is 9.37 Å². The molecule has 21 heavy (non-hydrogen) atoms. The van der Waals surface area contributed by atoms with Crippen molar-refractivity contribution < 1.29 is 13.9 Å². The third kappa shape index (κ3) is 4.53. The molecule has 0 aliphatic carbocycles. The highest BCUT2D eigenvalue weighted by Gasteiger charge is 2.18. The van der Waals surface area contributed by atoms with Crippen LogP contribution in [0.2, 0.25) is 0 Å². The Labute approximate surface area is 127 Å². The van der Waals surface area contributed by atoms with Crippen LogP contribution in [0.1, 0.15) is 24.0 Å². The number of nitrogens with zero attached hydrogens (tertiary/aromatic N) is 1. The maximum absolute atomic E-state index is 12.8. The number of hydrogen-bond donors (Lipinski definition) is 1. The first-order valence-electron chi connectivity index (χ1n) is 6.69. The number of hydrogen-bond acceptors (Lipinski definition) is 4. The second-order valence-electron chi connectivity index (χ2n) is 4.54. The molecular weight excluding hydrogens is 291 g/mol. The van der Waals surface area contributed by atoms with Crippen molar-refractivity contribution in [2.24, 2.45) is 0 Å². The van der Waals surface area contributed by atoms with Crippen molar-refractivity contribution in [3.05, 3.63) is 46.2 Å². The van der Waals surface area contributed by atoms with Crippen molar-refractivity contribution >= 4 is 17.2 Å². The fourth-order valence-corrected chi connectivity index (χ4v) is 2.39. The van der Waals surface area contributed by atoms with E-state index in [4.69, 9.17) is 4.74 Å². The first-order chi connectivity index (χ1) is 10.1. The Morgan fingerprint density at radius 1 is 1.43 bits per heavy atom. The molecule has 0 aliphatic rings. The van der Waals surface area contributed by atoms with Crippen LogP contribution < -0.4 is 10.1 Å². The Morgan fingerprint density at radius 2 is 2.14 bits per heavy atom. The van der Waals surface area contributed by atoms with Gasteiger partial charge in [-0.3, -0.25) is 4.79 Å². The minimum atomic E-state index is -0.602. The molecule has 4 nitrogen and oxygen atoms in total. The molecular formula is C15H17FN2O2S. The average Bonchev–Trinajstić information content (AvgIpc) is 2.90. The van der Waals surface area contributed by atoms with Crippen molar-refractivity contribution in [1.29, 1.82) is 0 Å². The Bertz CT molecular complexity index is 598. The van der Waals surface area contributed by atoms with E-state index in [1.54, 1.807) is 11.3 Å². The van der Waals surface area contributed by atoms with E-state index in [-0.39, 0.29) is 11.7 Å². The number of rotatable bonds is 6. The van der Waals surface area contributed by atoms with Crippen LogP contribution in [0.5, 0.6) is 5.75 Å². The van der Waals surface area contributed by atoms with E-state index in [1.165, 1.54) is 24.3 Å². The van der Waals surface area contributed by atoms with E-state index in [0.29, 0.717) is 18.7 Å². The zero-order valence-electron chi connectivity index (χ0n) is 11.9. The highest BCUT2D eigenvalue weighted by atomic mass is 32.1. The quantitative estimate of drug-likeness (QED) is 0.892. The lowest BCUT2D eigenvalue weighted by Crippen LogP contribution is -2.37.